The Hall–Kier alpha value is -0.810. The number of nitrogens with zero attached hydrogens (tertiary/aromatic N) is 1. The highest BCUT2D eigenvalue weighted by Crippen LogP contribution is 2.17. The molecular formula is C17H36N2O3. The SMILES string of the molecule is CCCCOCCNCCN(C(=O)OC(C)(C)C)C(C)(C)C. The zero-order valence-electron chi connectivity index (χ0n) is 15.6. The molecule has 0 aliphatic heterocycles. The van der Waals surface area contributed by atoms with E-state index in [1.54, 1.807) is 4.90 Å². The molecule has 0 aromatic carbocycles. The topological polar surface area (TPSA) is 50.8 Å². The number of carbonyl (C=O) groups is 1. The molecule has 0 aliphatic carbocycles. The molecule has 0 saturated carbocycles. The van der Waals surface area contributed by atoms with Crippen LogP contribution in [0.5, 0.6) is 0 Å². The van der Waals surface area contributed by atoms with Crippen LogP contribution >= 0.6 is 0 Å². The van der Waals surface area contributed by atoms with Crippen LogP contribution in [0.4, 0.5) is 4.79 Å². The molecule has 0 unspecified atom stereocenters. The van der Waals surface area contributed by atoms with Crippen LogP contribution in [-0.4, -0.2) is 55.0 Å². The van der Waals surface area contributed by atoms with Crippen LogP contribution in [0, 0.1) is 0 Å². The molecule has 0 bridgehead atoms. The number of unbranched alkanes of at least 4 members (excludes halogenated alkanes) is 1. The lowest BCUT2D eigenvalue weighted by atomic mass is 10.1. The quantitative estimate of drug-likeness (QED) is 0.662. The van der Waals surface area contributed by atoms with E-state index in [1.165, 1.54) is 0 Å². The van der Waals surface area contributed by atoms with E-state index in [4.69, 9.17) is 9.47 Å². The summed E-state index contributed by atoms with van der Waals surface area (Å²) >= 11 is 0. The third kappa shape index (κ3) is 10.9. The van der Waals surface area contributed by atoms with Crippen LogP contribution in [0.3, 0.4) is 0 Å². The van der Waals surface area contributed by atoms with Crippen molar-refractivity contribution in [1.82, 2.24) is 10.2 Å². The Balaban J connectivity index is 4.10. The smallest absolute Gasteiger partial charge is 0.410 e. The van der Waals surface area contributed by atoms with Gasteiger partial charge in [0.05, 0.1) is 6.61 Å². The molecule has 0 aromatic heterocycles. The lowest BCUT2D eigenvalue weighted by Crippen LogP contribution is -2.50. The number of nitrogens with one attached hydrogen (secondary N) is 1. The van der Waals surface area contributed by atoms with Crippen molar-refractivity contribution in [2.24, 2.45) is 0 Å². The predicted molar refractivity (Wildman–Crippen MR) is 91.3 cm³/mol. The molecule has 0 aliphatic rings. The molecule has 5 heteroatoms. The second kappa shape index (κ2) is 10.1. The summed E-state index contributed by atoms with van der Waals surface area (Å²) in [5.74, 6) is 0. The fourth-order valence-corrected chi connectivity index (χ4v) is 1.83. The van der Waals surface area contributed by atoms with E-state index in [1.807, 2.05) is 41.5 Å². The third-order valence-electron chi connectivity index (χ3n) is 3.00. The van der Waals surface area contributed by atoms with Gasteiger partial charge in [0, 0.05) is 31.8 Å². The summed E-state index contributed by atoms with van der Waals surface area (Å²) in [6.07, 6.45) is 2.00. The summed E-state index contributed by atoms with van der Waals surface area (Å²) in [7, 11) is 0. The molecule has 1 amide bonds. The summed E-state index contributed by atoms with van der Waals surface area (Å²) in [5.41, 5.74) is -0.733. The van der Waals surface area contributed by atoms with Crippen molar-refractivity contribution in [2.75, 3.05) is 32.8 Å². The lowest BCUT2D eigenvalue weighted by molar-refractivity contribution is 0.00655. The average molecular weight is 316 g/mol. The highest BCUT2D eigenvalue weighted by atomic mass is 16.6. The molecule has 132 valence electrons. The minimum absolute atomic E-state index is 0.262. The van der Waals surface area contributed by atoms with Gasteiger partial charge in [0.2, 0.25) is 0 Å². The third-order valence-corrected chi connectivity index (χ3v) is 3.00. The van der Waals surface area contributed by atoms with Crippen molar-refractivity contribution in [3.63, 3.8) is 0 Å². The fourth-order valence-electron chi connectivity index (χ4n) is 1.83. The number of amides is 1. The van der Waals surface area contributed by atoms with Crippen LogP contribution in [0.2, 0.25) is 0 Å². The molecule has 0 heterocycles. The largest absolute Gasteiger partial charge is 0.444 e. The maximum atomic E-state index is 12.3. The van der Waals surface area contributed by atoms with Gasteiger partial charge in [0.15, 0.2) is 0 Å². The Labute approximate surface area is 136 Å². The number of hydrogen-bond donors (Lipinski definition) is 1. The van der Waals surface area contributed by atoms with Crippen molar-refractivity contribution in [3.05, 3.63) is 0 Å². The van der Waals surface area contributed by atoms with E-state index < -0.39 is 5.60 Å². The second-order valence-corrected chi connectivity index (χ2v) is 7.52. The van der Waals surface area contributed by atoms with Crippen molar-refractivity contribution in [2.45, 2.75) is 72.4 Å². The van der Waals surface area contributed by atoms with Gasteiger partial charge in [-0.15, -0.1) is 0 Å². The Morgan fingerprint density at radius 1 is 1.05 bits per heavy atom. The number of hydrogen-bond acceptors (Lipinski definition) is 4. The van der Waals surface area contributed by atoms with Gasteiger partial charge >= 0.3 is 6.09 Å². The zero-order chi connectivity index (χ0) is 17.2. The Morgan fingerprint density at radius 3 is 2.18 bits per heavy atom. The van der Waals surface area contributed by atoms with Crippen LogP contribution in [0.1, 0.15) is 61.3 Å². The Kier molecular flexibility index (Phi) is 9.69. The van der Waals surface area contributed by atoms with Crippen LogP contribution in [-0.2, 0) is 9.47 Å². The van der Waals surface area contributed by atoms with Crippen molar-refractivity contribution in [1.29, 1.82) is 0 Å². The Morgan fingerprint density at radius 2 is 1.68 bits per heavy atom. The first-order valence-corrected chi connectivity index (χ1v) is 8.37. The molecule has 0 saturated heterocycles. The molecule has 0 rings (SSSR count). The number of ether oxygens (including phenoxy) is 2. The minimum atomic E-state index is -0.471. The standard InChI is InChI=1S/C17H36N2O3/c1-8-9-13-21-14-11-18-10-12-19(16(2,3)4)15(20)22-17(5,6)7/h18H,8-14H2,1-7H3. The second-order valence-electron chi connectivity index (χ2n) is 7.52. The summed E-state index contributed by atoms with van der Waals surface area (Å²) in [6.45, 7) is 17.6. The first-order valence-electron chi connectivity index (χ1n) is 8.37. The molecule has 0 fully saturated rings. The summed E-state index contributed by atoms with van der Waals surface area (Å²) < 4.78 is 11.0. The number of carbonyl (C=O) groups excluding carboxylic acids is 1. The minimum Gasteiger partial charge on any atom is -0.444 e. The van der Waals surface area contributed by atoms with Gasteiger partial charge in [0.1, 0.15) is 5.60 Å². The molecular weight excluding hydrogens is 280 g/mol. The van der Waals surface area contributed by atoms with E-state index in [2.05, 4.69) is 12.2 Å². The summed E-state index contributed by atoms with van der Waals surface area (Å²) in [6, 6.07) is 0. The van der Waals surface area contributed by atoms with Gasteiger partial charge < -0.3 is 19.7 Å². The van der Waals surface area contributed by atoms with Gasteiger partial charge in [-0.3, -0.25) is 0 Å². The molecule has 22 heavy (non-hydrogen) atoms. The van der Waals surface area contributed by atoms with Crippen LogP contribution in [0.25, 0.3) is 0 Å². The van der Waals surface area contributed by atoms with Crippen LogP contribution in [0.15, 0.2) is 0 Å². The van der Waals surface area contributed by atoms with E-state index in [9.17, 15) is 4.79 Å². The predicted octanol–water partition coefficient (Wildman–Crippen LogP) is 3.43. The zero-order valence-corrected chi connectivity index (χ0v) is 15.6. The molecule has 0 aromatic rings. The molecule has 5 nitrogen and oxygen atoms in total. The maximum Gasteiger partial charge on any atom is 0.410 e. The highest BCUT2D eigenvalue weighted by molar-refractivity contribution is 5.69. The van der Waals surface area contributed by atoms with Gasteiger partial charge in [0.25, 0.3) is 0 Å². The van der Waals surface area contributed by atoms with E-state index in [0.29, 0.717) is 13.2 Å². The van der Waals surface area contributed by atoms with Gasteiger partial charge in [-0.05, 0) is 48.0 Å². The van der Waals surface area contributed by atoms with Gasteiger partial charge in [-0.1, -0.05) is 13.3 Å². The molecule has 0 spiro atoms. The van der Waals surface area contributed by atoms with Crippen LogP contribution < -0.4 is 5.32 Å². The highest BCUT2D eigenvalue weighted by Gasteiger charge is 2.30. The average Bonchev–Trinajstić information content (AvgIpc) is 2.33. The molecule has 1 N–H and O–H groups in total. The first-order chi connectivity index (χ1) is 10.1. The molecule has 0 atom stereocenters. The van der Waals surface area contributed by atoms with E-state index in [0.717, 1.165) is 32.5 Å². The van der Waals surface area contributed by atoms with Crippen molar-refractivity contribution >= 4 is 6.09 Å². The lowest BCUT2D eigenvalue weighted by Gasteiger charge is -2.36. The summed E-state index contributed by atoms with van der Waals surface area (Å²) in [4.78, 5) is 14.1. The fraction of sp³-hybridized carbons (Fsp3) is 0.941. The monoisotopic (exact) mass is 316 g/mol. The van der Waals surface area contributed by atoms with Crippen molar-refractivity contribution < 1.29 is 14.3 Å². The summed E-state index contributed by atoms with van der Waals surface area (Å²) in [5, 5.41) is 3.31. The van der Waals surface area contributed by atoms with E-state index in [-0.39, 0.29) is 11.6 Å². The number of rotatable bonds is 9. The van der Waals surface area contributed by atoms with Gasteiger partial charge in [-0.2, -0.15) is 0 Å². The maximum absolute atomic E-state index is 12.3. The normalized spacial score (nSPS) is 12.3. The molecule has 0 radical (unpaired) electrons. The Bertz CT molecular complexity index is 306. The van der Waals surface area contributed by atoms with E-state index >= 15 is 0 Å². The van der Waals surface area contributed by atoms with Crippen molar-refractivity contribution in [3.8, 4) is 0 Å². The van der Waals surface area contributed by atoms with Gasteiger partial charge in [-0.25, -0.2) is 4.79 Å². The first kappa shape index (κ1) is 21.2.